The topological polar surface area (TPSA) is 30.9 Å². The average molecular weight is 515 g/mol. The molecule has 1 saturated heterocycles. The highest BCUT2D eigenvalue weighted by Crippen LogP contribution is 2.41. The van der Waals surface area contributed by atoms with Crippen LogP contribution in [0.15, 0.2) is 40.9 Å². The monoisotopic (exact) mass is 513 g/mol. The third kappa shape index (κ3) is 6.05. The summed E-state index contributed by atoms with van der Waals surface area (Å²) in [5.41, 5.74) is 1.20. The van der Waals surface area contributed by atoms with Crippen LogP contribution in [0.2, 0.25) is 0 Å². The van der Waals surface area contributed by atoms with Gasteiger partial charge in [0.25, 0.3) is 0 Å². The number of ether oxygens (including phenoxy) is 3. The van der Waals surface area contributed by atoms with E-state index in [2.05, 4.69) is 27.8 Å². The van der Waals surface area contributed by atoms with E-state index in [1.165, 1.54) is 24.8 Å². The number of halogens is 3. The Morgan fingerprint density at radius 3 is 2.61 bits per heavy atom. The van der Waals surface area contributed by atoms with Crippen molar-refractivity contribution in [2.45, 2.75) is 38.5 Å². The SMILES string of the molecule is CCCCCN1CC[C@@H](c2ccc(F)cc2)[C@H](COc2cc3c(cc2Br)OCO3)C1.Cl. The molecular formula is C24H30BrClFNO3. The van der Waals surface area contributed by atoms with E-state index in [1.54, 1.807) is 12.1 Å². The summed E-state index contributed by atoms with van der Waals surface area (Å²) in [5.74, 6) is 2.73. The van der Waals surface area contributed by atoms with E-state index in [-0.39, 0.29) is 25.0 Å². The van der Waals surface area contributed by atoms with E-state index >= 15 is 0 Å². The van der Waals surface area contributed by atoms with Crippen molar-refractivity contribution >= 4 is 28.3 Å². The lowest BCUT2D eigenvalue weighted by Crippen LogP contribution is -2.42. The summed E-state index contributed by atoms with van der Waals surface area (Å²) < 4.78 is 31.5. The summed E-state index contributed by atoms with van der Waals surface area (Å²) in [5, 5.41) is 0. The molecule has 4 nitrogen and oxygen atoms in total. The average Bonchev–Trinajstić information content (AvgIpc) is 3.20. The first-order chi connectivity index (χ1) is 14.6. The van der Waals surface area contributed by atoms with Gasteiger partial charge in [-0.2, -0.15) is 0 Å². The van der Waals surface area contributed by atoms with Gasteiger partial charge >= 0.3 is 0 Å². The third-order valence-electron chi connectivity index (χ3n) is 6.07. The third-order valence-corrected chi connectivity index (χ3v) is 6.69. The molecule has 0 spiro atoms. The summed E-state index contributed by atoms with van der Waals surface area (Å²) in [6, 6.07) is 10.8. The van der Waals surface area contributed by atoms with Crippen molar-refractivity contribution in [1.29, 1.82) is 0 Å². The zero-order chi connectivity index (χ0) is 20.9. The number of rotatable bonds is 8. The molecule has 2 aromatic rings. The molecule has 2 aliphatic rings. The molecule has 0 radical (unpaired) electrons. The van der Waals surface area contributed by atoms with E-state index < -0.39 is 0 Å². The van der Waals surface area contributed by atoms with Crippen molar-refractivity contribution in [2.24, 2.45) is 5.92 Å². The quantitative estimate of drug-likeness (QED) is 0.381. The molecule has 0 aliphatic carbocycles. The second-order valence-electron chi connectivity index (χ2n) is 8.16. The molecule has 2 heterocycles. The highest BCUT2D eigenvalue weighted by molar-refractivity contribution is 9.10. The van der Waals surface area contributed by atoms with Gasteiger partial charge in [-0.05, 0) is 65.5 Å². The molecule has 4 rings (SSSR count). The Morgan fingerprint density at radius 2 is 1.87 bits per heavy atom. The Balaban J connectivity index is 0.00000272. The number of unbranched alkanes of at least 4 members (excludes halogenated alkanes) is 2. The second kappa shape index (κ2) is 11.4. The van der Waals surface area contributed by atoms with Crippen molar-refractivity contribution in [3.63, 3.8) is 0 Å². The molecule has 0 aromatic heterocycles. The van der Waals surface area contributed by atoms with E-state index in [9.17, 15) is 4.39 Å². The molecule has 0 unspecified atom stereocenters. The molecule has 7 heteroatoms. The maximum absolute atomic E-state index is 13.4. The van der Waals surface area contributed by atoms with Crippen LogP contribution in [0, 0.1) is 11.7 Å². The number of benzene rings is 2. The van der Waals surface area contributed by atoms with Crippen LogP contribution in [0.4, 0.5) is 4.39 Å². The van der Waals surface area contributed by atoms with Crippen LogP contribution in [0.1, 0.15) is 44.1 Å². The summed E-state index contributed by atoms with van der Waals surface area (Å²) in [4.78, 5) is 2.55. The van der Waals surface area contributed by atoms with Crippen molar-refractivity contribution in [1.82, 2.24) is 4.90 Å². The number of hydrogen-bond acceptors (Lipinski definition) is 4. The normalized spacial score (nSPS) is 20.4. The molecule has 1 fully saturated rings. The zero-order valence-corrected chi connectivity index (χ0v) is 20.2. The Hall–Kier alpha value is -1.50. The number of nitrogens with zero attached hydrogens (tertiary/aromatic N) is 1. The second-order valence-corrected chi connectivity index (χ2v) is 9.02. The summed E-state index contributed by atoms with van der Waals surface area (Å²) in [6.45, 7) is 6.29. The summed E-state index contributed by atoms with van der Waals surface area (Å²) in [6.07, 6.45) is 4.80. The lowest BCUT2D eigenvalue weighted by Gasteiger charge is -2.39. The first-order valence-electron chi connectivity index (χ1n) is 10.8. The van der Waals surface area contributed by atoms with Crippen LogP contribution >= 0.6 is 28.3 Å². The predicted octanol–water partition coefficient (Wildman–Crippen LogP) is 6.41. The minimum Gasteiger partial charge on any atom is -0.492 e. The van der Waals surface area contributed by atoms with Crippen LogP contribution in [-0.2, 0) is 0 Å². The Bertz CT molecular complexity index is 851. The number of fused-ring (bicyclic) bond motifs is 1. The molecule has 0 amide bonds. The van der Waals surface area contributed by atoms with Gasteiger partial charge in [0.1, 0.15) is 11.6 Å². The molecule has 2 atom stereocenters. The van der Waals surface area contributed by atoms with Gasteiger partial charge in [0.15, 0.2) is 11.5 Å². The summed E-state index contributed by atoms with van der Waals surface area (Å²) in [7, 11) is 0. The van der Waals surface area contributed by atoms with Crippen molar-refractivity contribution in [3.05, 3.63) is 52.3 Å². The molecule has 31 heavy (non-hydrogen) atoms. The Labute approximate surface area is 198 Å². The molecule has 170 valence electrons. The van der Waals surface area contributed by atoms with Gasteiger partial charge in [0, 0.05) is 24.6 Å². The predicted molar refractivity (Wildman–Crippen MR) is 126 cm³/mol. The van der Waals surface area contributed by atoms with Gasteiger partial charge in [-0.1, -0.05) is 31.9 Å². The number of likely N-dealkylation sites (tertiary alicyclic amines) is 1. The molecule has 0 N–H and O–H groups in total. The minimum atomic E-state index is -0.187. The fourth-order valence-electron chi connectivity index (χ4n) is 4.42. The summed E-state index contributed by atoms with van der Waals surface area (Å²) >= 11 is 3.58. The van der Waals surface area contributed by atoms with Crippen LogP contribution in [0.5, 0.6) is 17.2 Å². The zero-order valence-electron chi connectivity index (χ0n) is 17.8. The molecular weight excluding hydrogens is 485 g/mol. The first-order valence-corrected chi connectivity index (χ1v) is 11.6. The Morgan fingerprint density at radius 1 is 1.13 bits per heavy atom. The fourth-order valence-corrected chi connectivity index (χ4v) is 4.86. The van der Waals surface area contributed by atoms with Crippen molar-refractivity contribution in [3.8, 4) is 17.2 Å². The van der Waals surface area contributed by atoms with E-state index in [1.807, 2.05) is 24.3 Å². The standard InChI is InChI=1S/C24H29BrFNO3.ClH/c1-2-3-4-10-27-11-9-20(17-5-7-19(26)8-6-17)18(14-27)15-28-22-13-24-23(12-21(22)25)29-16-30-24;/h5-8,12-13,18,20H,2-4,9-11,14-16H2,1H3;1H/t18-,20-;/m0./s1. The highest BCUT2D eigenvalue weighted by Gasteiger charge is 2.31. The molecule has 0 bridgehead atoms. The van der Waals surface area contributed by atoms with Crippen LogP contribution in [0.25, 0.3) is 0 Å². The maximum atomic E-state index is 13.4. The highest BCUT2D eigenvalue weighted by atomic mass is 79.9. The lowest BCUT2D eigenvalue weighted by molar-refractivity contribution is 0.109. The number of hydrogen-bond donors (Lipinski definition) is 0. The smallest absolute Gasteiger partial charge is 0.231 e. The lowest BCUT2D eigenvalue weighted by atomic mass is 9.80. The van der Waals surface area contributed by atoms with Crippen molar-refractivity contribution in [2.75, 3.05) is 33.0 Å². The van der Waals surface area contributed by atoms with E-state index in [0.29, 0.717) is 24.2 Å². The van der Waals surface area contributed by atoms with Gasteiger partial charge in [-0.3, -0.25) is 0 Å². The van der Waals surface area contributed by atoms with Crippen LogP contribution in [0.3, 0.4) is 0 Å². The van der Waals surface area contributed by atoms with Gasteiger partial charge < -0.3 is 19.1 Å². The maximum Gasteiger partial charge on any atom is 0.231 e. The van der Waals surface area contributed by atoms with Gasteiger partial charge in [0.2, 0.25) is 6.79 Å². The Kier molecular flexibility index (Phi) is 8.87. The first kappa shape index (κ1) is 24.1. The molecule has 0 saturated carbocycles. The van der Waals surface area contributed by atoms with E-state index in [4.69, 9.17) is 14.2 Å². The van der Waals surface area contributed by atoms with Crippen LogP contribution in [-0.4, -0.2) is 37.9 Å². The van der Waals surface area contributed by atoms with Gasteiger partial charge in [0.05, 0.1) is 11.1 Å². The fraction of sp³-hybridized carbons (Fsp3) is 0.500. The molecule has 2 aromatic carbocycles. The minimum absolute atomic E-state index is 0. The van der Waals surface area contributed by atoms with E-state index in [0.717, 1.165) is 42.0 Å². The molecule has 2 aliphatic heterocycles. The van der Waals surface area contributed by atoms with Gasteiger partial charge in [-0.25, -0.2) is 4.39 Å². The van der Waals surface area contributed by atoms with Crippen molar-refractivity contribution < 1.29 is 18.6 Å². The van der Waals surface area contributed by atoms with Crippen LogP contribution < -0.4 is 14.2 Å². The largest absolute Gasteiger partial charge is 0.492 e. The number of piperidine rings is 1. The van der Waals surface area contributed by atoms with Gasteiger partial charge in [-0.15, -0.1) is 12.4 Å².